The van der Waals surface area contributed by atoms with Gasteiger partial charge in [-0.05, 0) is 24.5 Å². The first-order valence-corrected chi connectivity index (χ1v) is 7.41. The molecule has 1 aromatic rings. The molecule has 1 fully saturated rings. The average Bonchev–Trinajstić information content (AvgIpc) is 2.38. The molecule has 100 valence electrons. The summed E-state index contributed by atoms with van der Waals surface area (Å²) in [7, 11) is 0. The van der Waals surface area contributed by atoms with Gasteiger partial charge in [0.2, 0.25) is 0 Å². The van der Waals surface area contributed by atoms with Crippen molar-refractivity contribution in [3.63, 3.8) is 0 Å². The SMILES string of the molecule is NNC(CC1CCCCC1)c1ccc(Br)cc1F. The molecule has 0 saturated heterocycles. The normalized spacial score (nSPS) is 18.8. The molecule has 1 aliphatic rings. The van der Waals surface area contributed by atoms with Gasteiger partial charge in [0.15, 0.2) is 0 Å². The van der Waals surface area contributed by atoms with Crippen molar-refractivity contribution in [3.05, 3.63) is 34.1 Å². The summed E-state index contributed by atoms with van der Waals surface area (Å²) in [6, 6.07) is 5.10. The van der Waals surface area contributed by atoms with E-state index in [-0.39, 0.29) is 11.9 Å². The summed E-state index contributed by atoms with van der Waals surface area (Å²) >= 11 is 3.27. The average molecular weight is 315 g/mol. The van der Waals surface area contributed by atoms with Crippen molar-refractivity contribution in [2.45, 2.75) is 44.6 Å². The maximum absolute atomic E-state index is 13.9. The minimum absolute atomic E-state index is 0.0822. The monoisotopic (exact) mass is 314 g/mol. The van der Waals surface area contributed by atoms with Gasteiger partial charge in [-0.25, -0.2) is 4.39 Å². The van der Waals surface area contributed by atoms with Crippen LogP contribution in [-0.4, -0.2) is 0 Å². The number of benzene rings is 1. The van der Waals surface area contributed by atoms with Gasteiger partial charge in [0.25, 0.3) is 0 Å². The summed E-state index contributed by atoms with van der Waals surface area (Å²) in [6.07, 6.45) is 7.35. The number of hydrogen-bond acceptors (Lipinski definition) is 2. The molecule has 1 unspecified atom stereocenters. The van der Waals surface area contributed by atoms with Crippen LogP contribution in [0.4, 0.5) is 4.39 Å². The minimum Gasteiger partial charge on any atom is -0.271 e. The van der Waals surface area contributed by atoms with E-state index >= 15 is 0 Å². The molecule has 0 radical (unpaired) electrons. The molecule has 1 aliphatic carbocycles. The summed E-state index contributed by atoms with van der Waals surface area (Å²) in [4.78, 5) is 0. The number of rotatable bonds is 4. The predicted molar refractivity (Wildman–Crippen MR) is 75.4 cm³/mol. The Labute approximate surface area is 116 Å². The third-order valence-corrected chi connectivity index (χ3v) is 4.33. The summed E-state index contributed by atoms with van der Waals surface area (Å²) < 4.78 is 14.7. The van der Waals surface area contributed by atoms with E-state index in [0.29, 0.717) is 11.5 Å². The fourth-order valence-electron chi connectivity index (χ4n) is 2.83. The number of hydrogen-bond donors (Lipinski definition) is 2. The quantitative estimate of drug-likeness (QED) is 0.649. The highest BCUT2D eigenvalue weighted by Gasteiger charge is 2.21. The Hall–Kier alpha value is -0.450. The van der Waals surface area contributed by atoms with Gasteiger partial charge in [-0.3, -0.25) is 11.3 Å². The van der Waals surface area contributed by atoms with E-state index in [0.717, 1.165) is 10.9 Å². The van der Waals surface area contributed by atoms with Crippen molar-refractivity contribution in [3.8, 4) is 0 Å². The van der Waals surface area contributed by atoms with E-state index in [9.17, 15) is 4.39 Å². The molecule has 0 spiro atoms. The van der Waals surface area contributed by atoms with Crippen molar-refractivity contribution in [2.75, 3.05) is 0 Å². The fraction of sp³-hybridized carbons (Fsp3) is 0.571. The van der Waals surface area contributed by atoms with Crippen LogP contribution in [-0.2, 0) is 0 Å². The first-order valence-electron chi connectivity index (χ1n) is 6.62. The summed E-state index contributed by atoms with van der Waals surface area (Å²) in [5.74, 6) is 6.08. The van der Waals surface area contributed by atoms with Crippen molar-refractivity contribution >= 4 is 15.9 Å². The Balaban J connectivity index is 2.07. The van der Waals surface area contributed by atoms with E-state index in [1.54, 1.807) is 0 Å². The second kappa shape index (κ2) is 6.64. The van der Waals surface area contributed by atoms with Crippen molar-refractivity contribution in [1.82, 2.24) is 5.43 Å². The molecule has 4 heteroatoms. The van der Waals surface area contributed by atoms with Gasteiger partial charge in [-0.2, -0.15) is 0 Å². The first kappa shape index (κ1) is 14.0. The lowest BCUT2D eigenvalue weighted by atomic mass is 9.83. The van der Waals surface area contributed by atoms with Gasteiger partial charge in [0.1, 0.15) is 5.82 Å². The summed E-state index contributed by atoms with van der Waals surface area (Å²) in [6.45, 7) is 0. The van der Waals surface area contributed by atoms with Crippen LogP contribution < -0.4 is 11.3 Å². The Bertz CT molecular complexity index is 391. The highest BCUT2D eigenvalue weighted by molar-refractivity contribution is 9.10. The third kappa shape index (κ3) is 3.53. The number of nitrogens with one attached hydrogen (secondary N) is 1. The Morgan fingerprint density at radius 3 is 2.67 bits per heavy atom. The molecule has 3 N–H and O–H groups in total. The lowest BCUT2D eigenvalue weighted by molar-refractivity contribution is 0.298. The fourth-order valence-corrected chi connectivity index (χ4v) is 3.16. The zero-order valence-electron chi connectivity index (χ0n) is 10.5. The van der Waals surface area contributed by atoms with Crippen LogP contribution in [0.25, 0.3) is 0 Å². The number of nitrogens with two attached hydrogens (primary N) is 1. The van der Waals surface area contributed by atoms with Gasteiger partial charge >= 0.3 is 0 Å². The molecule has 0 aromatic heterocycles. The van der Waals surface area contributed by atoms with Gasteiger partial charge in [-0.1, -0.05) is 54.1 Å². The van der Waals surface area contributed by atoms with Crippen LogP contribution in [0.2, 0.25) is 0 Å². The lowest BCUT2D eigenvalue weighted by Gasteiger charge is -2.26. The Kier molecular flexibility index (Phi) is 5.15. The highest BCUT2D eigenvalue weighted by atomic mass is 79.9. The van der Waals surface area contributed by atoms with E-state index in [4.69, 9.17) is 5.84 Å². The van der Waals surface area contributed by atoms with Crippen LogP contribution >= 0.6 is 15.9 Å². The molecule has 2 rings (SSSR count). The van der Waals surface area contributed by atoms with E-state index in [1.807, 2.05) is 12.1 Å². The summed E-state index contributed by atoms with van der Waals surface area (Å²) in [5, 5.41) is 0. The Morgan fingerprint density at radius 1 is 1.33 bits per heavy atom. The molecular weight excluding hydrogens is 295 g/mol. The molecule has 1 aromatic carbocycles. The number of hydrazine groups is 1. The number of halogens is 2. The van der Waals surface area contributed by atoms with Crippen molar-refractivity contribution in [1.29, 1.82) is 0 Å². The smallest absolute Gasteiger partial charge is 0.129 e. The highest BCUT2D eigenvalue weighted by Crippen LogP contribution is 2.32. The van der Waals surface area contributed by atoms with Gasteiger partial charge in [0, 0.05) is 16.1 Å². The maximum atomic E-state index is 13.9. The largest absolute Gasteiger partial charge is 0.271 e. The zero-order chi connectivity index (χ0) is 13.0. The van der Waals surface area contributed by atoms with Crippen LogP contribution in [0, 0.1) is 11.7 Å². The molecular formula is C14H20BrFN2. The second-order valence-electron chi connectivity index (χ2n) is 5.12. The van der Waals surface area contributed by atoms with Gasteiger partial charge in [-0.15, -0.1) is 0 Å². The Morgan fingerprint density at radius 2 is 2.06 bits per heavy atom. The lowest BCUT2D eigenvalue weighted by Crippen LogP contribution is -2.30. The summed E-state index contributed by atoms with van der Waals surface area (Å²) in [5.41, 5.74) is 3.44. The molecule has 0 amide bonds. The molecule has 0 bridgehead atoms. The van der Waals surface area contributed by atoms with Crippen molar-refractivity contribution in [2.24, 2.45) is 11.8 Å². The molecule has 0 aliphatic heterocycles. The molecule has 0 heterocycles. The van der Waals surface area contributed by atoms with E-state index in [1.165, 1.54) is 38.2 Å². The molecule has 2 nitrogen and oxygen atoms in total. The van der Waals surface area contributed by atoms with Gasteiger partial charge < -0.3 is 0 Å². The van der Waals surface area contributed by atoms with Crippen LogP contribution in [0.5, 0.6) is 0 Å². The molecule has 1 atom stereocenters. The van der Waals surface area contributed by atoms with Crippen LogP contribution in [0.1, 0.15) is 50.1 Å². The first-order chi connectivity index (χ1) is 8.70. The van der Waals surface area contributed by atoms with Crippen LogP contribution in [0.15, 0.2) is 22.7 Å². The molecule has 1 saturated carbocycles. The maximum Gasteiger partial charge on any atom is 0.129 e. The minimum atomic E-state index is -0.192. The van der Waals surface area contributed by atoms with E-state index in [2.05, 4.69) is 21.4 Å². The van der Waals surface area contributed by atoms with Gasteiger partial charge in [0.05, 0.1) is 0 Å². The topological polar surface area (TPSA) is 38.0 Å². The molecule has 18 heavy (non-hydrogen) atoms. The predicted octanol–water partition coefficient (Wildman–Crippen LogP) is 4.06. The zero-order valence-corrected chi connectivity index (χ0v) is 12.0. The third-order valence-electron chi connectivity index (χ3n) is 3.83. The standard InChI is InChI=1S/C14H20BrFN2/c15-11-6-7-12(13(16)9-11)14(18-17)8-10-4-2-1-3-5-10/h6-7,9-10,14,18H,1-5,8,17H2. The van der Waals surface area contributed by atoms with Crippen molar-refractivity contribution < 1.29 is 4.39 Å². The van der Waals surface area contributed by atoms with E-state index < -0.39 is 0 Å². The second-order valence-corrected chi connectivity index (χ2v) is 6.04. The van der Waals surface area contributed by atoms with Crippen LogP contribution in [0.3, 0.4) is 0 Å².